The number of hydrogen-bond donors (Lipinski definition) is 1. The van der Waals surface area contributed by atoms with Crippen LogP contribution in [0.25, 0.3) is 0 Å². The van der Waals surface area contributed by atoms with Crippen molar-refractivity contribution in [1.29, 1.82) is 0 Å². The van der Waals surface area contributed by atoms with Gasteiger partial charge in [-0.25, -0.2) is 4.98 Å². The Balaban J connectivity index is 1.45. The summed E-state index contributed by atoms with van der Waals surface area (Å²) in [6.07, 6.45) is 4.95. The van der Waals surface area contributed by atoms with Crippen LogP contribution >= 0.6 is 11.3 Å². The Kier molecular flexibility index (Phi) is 5.34. The van der Waals surface area contributed by atoms with Crippen molar-refractivity contribution in [2.75, 3.05) is 26.2 Å². The van der Waals surface area contributed by atoms with Gasteiger partial charge >= 0.3 is 0 Å². The first-order valence-electron chi connectivity index (χ1n) is 8.74. The predicted molar refractivity (Wildman–Crippen MR) is 91.4 cm³/mol. The molecule has 1 N–H and O–H groups in total. The van der Waals surface area contributed by atoms with E-state index < -0.39 is 5.60 Å². The van der Waals surface area contributed by atoms with Gasteiger partial charge in [0.05, 0.1) is 22.7 Å². The Morgan fingerprint density at radius 3 is 2.61 bits per heavy atom. The Bertz CT molecular complexity index is 532. The minimum atomic E-state index is -0.731. The quantitative estimate of drug-likeness (QED) is 0.893. The van der Waals surface area contributed by atoms with E-state index >= 15 is 0 Å². The fourth-order valence-corrected chi connectivity index (χ4v) is 4.31. The molecule has 6 heteroatoms. The van der Waals surface area contributed by atoms with Gasteiger partial charge < -0.3 is 10.0 Å². The van der Waals surface area contributed by atoms with Crippen LogP contribution in [-0.2, 0) is 17.8 Å². The van der Waals surface area contributed by atoms with Crippen LogP contribution in [0.15, 0.2) is 5.38 Å². The van der Waals surface area contributed by atoms with Gasteiger partial charge in [-0.05, 0) is 19.3 Å². The number of rotatable bonds is 5. The zero-order chi connectivity index (χ0) is 16.3. The average Bonchev–Trinajstić information content (AvgIpc) is 3.17. The second-order valence-corrected chi connectivity index (χ2v) is 7.79. The summed E-state index contributed by atoms with van der Waals surface area (Å²) in [5.74, 6) is 0.121. The summed E-state index contributed by atoms with van der Waals surface area (Å²) in [4.78, 5) is 21.3. The number of piperazine rings is 1. The molecule has 1 aliphatic heterocycles. The van der Waals surface area contributed by atoms with Crippen molar-refractivity contribution < 1.29 is 9.90 Å². The fourth-order valence-electron chi connectivity index (χ4n) is 3.57. The highest BCUT2D eigenvalue weighted by molar-refractivity contribution is 7.09. The van der Waals surface area contributed by atoms with Gasteiger partial charge in [0.1, 0.15) is 0 Å². The summed E-state index contributed by atoms with van der Waals surface area (Å²) in [6.45, 7) is 6.32. The highest BCUT2D eigenvalue weighted by Crippen LogP contribution is 2.32. The maximum atomic E-state index is 12.4. The van der Waals surface area contributed by atoms with E-state index in [2.05, 4.69) is 22.2 Å². The molecule has 0 aromatic carbocycles. The van der Waals surface area contributed by atoms with Gasteiger partial charge in [0, 0.05) is 38.1 Å². The molecular formula is C17H27N3O2S. The van der Waals surface area contributed by atoms with E-state index in [0.717, 1.165) is 70.5 Å². The van der Waals surface area contributed by atoms with Crippen LogP contribution in [0.5, 0.6) is 0 Å². The zero-order valence-electron chi connectivity index (χ0n) is 14.0. The second-order valence-electron chi connectivity index (χ2n) is 6.85. The zero-order valence-corrected chi connectivity index (χ0v) is 14.8. The molecule has 1 aromatic rings. The number of thiazole rings is 1. The minimum absolute atomic E-state index is 0.121. The van der Waals surface area contributed by atoms with Crippen molar-refractivity contribution in [2.45, 2.75) is 57.6 Å². The molecule has 23 heavy (non-hydrogen) atoms. The molecule has 0 spiro atoms. The largest absolute Gasteiger partial charge is 0.389 e. The topological polar surface area (TPSA) is 56.7 Å². The SMILES string of the molecule is CCc1nc(CN2CCN(C(=O)CC3(O)CCCC3)CC2)cs1. The Morgan fingerprint density at radius 2 is 2.00 bits per heavy atom. The number of aliphatic hydroxyl groups is 1. The molecule has 2 fully saturated rings. The van der Waals surface area contributed by atoms with Crippen molar-refractivity contribution in [3.63, 3.8) is 0 Å². The normalized spacial score (nSPS) is 21.7. The number of amides is 1. The van der Waals surface area contributed by atoms with Gasteiger partial charge in [0.15, 0.2) is 0 Å². The number of aryl methyl sites for hydroxylation is 1. The van der Waals surface area contributed by atoms with Gasteiger partial charge in [0.2, 0.25) is 5.91 Å². The summed E-state index contributed by atoms with van der Waals surface area (Å²) < 4.78 is 0. The third-order valence-electron chi connectivity index (χ3n) is 5.03. The molecule has 0 radical (unpaired) electrons. The molecule has 0 bridgehead atoms. The first-order chi connectivity index (χ1) is 11.1. The third kappa shape index (κ3) is 4.31. The number of nitrogens with zero attached hydrogens (tertiary/aromatic N) is 3. The Labute approximate surface area is 142 Å². The van der Waals surface area contributed by atoms with Gasteiger partial charge in [0.25, 0.3) is 0 Å². The summed E-state index contributed by atoms with van der Waals surface area (Å²) >= 11 is 1.73. The molecule has 0 unspecified atom stereocenters. The number of aromatic nitrogens is 1. The van der Waals surface area contributed by atoms with Crippen LogP contribution < -0.4 is 0 Å². The second kappa shape index (κ2) is 7.28. The highest BCUT2D eigenvalue weighted by Gasteiger charge is 2.35. The molecular weight excluding hydrogens is 310 g/mol. The smallest absolute Gasteiger partial charge is 0.225 e. The predicted octanol–water partition coefficient (Wildman–Crippen LogP) is 2.04. The van der Waals surface area contributed by atoms with Gasteiger partial charge in [-0.2, -0.15) is 0 Å². The molecule has 3 rings (SSSR count). The summed E-state index contributed by atoms with van der Waals surface area (Å²) in [6, 6.07) is 0. The molecule has 1 amide bonds. The van der Waals surface area contributed by atoms with E-state index in [1.165, 1.54) is 5.01 Å². The maximum Gasteiger partial charge on any atom is 0.225 e. The maximum absolute atomic E-state index is 12.4. The van der Waals surface area contributed by atoms with Crippen molar-refractivity contribution in [3.8, 4) is 0 Å². The van der Waals surface area contributed by atoms with E-state index in [1.807, 2.05) is 4.90 Å². The Morgan fingerprint density at radius 1 is 1.30 bits per heavy atom. The molecule has 2 heterocycles. The van der Waals surface area contributed by atoms with Crippen molar-refractivity contribution in [1.82, 2.24) is 14.8 Å². The lowest BCUT2D eigenvalue weighted by molar-refractivity contribution is -0.138. The summed E-state index contributed by atoms with van der Waals surface area (Å²) in [5.41, 5.74) is 0.414. The lowest BCUT2D eigenvalue weighted by atomic mass is 9.97. The lowest BCUT2D eigenvalue weighted by Crippen LogP contribution is -2.49. The summed E-state index contributed by atoms with van der Waals surface area (Å²) in [7, 11) is 0. The van der Waals surface area contributed by atoms with E-state index in [1.54, 1.807) is 11.3 Å². The average molecular weight is 337 g/mol. The van der Waals surface area contributed by atoms with Crippen LogP contribution in [-0.4, -0.2) is 57.6 Å². The van der Waals surface area contributed by atoms with Crippen LogP contribution in [0.3, 0.4) is 0 Å². The molecule has 128 valence electrons. The first-order valence-corrected chi connectivity index (χ1v) is 9.62. The molecule has 2 aliphatic rings. The highest BCUT2D eigenvalue weighted by atomic mass is 32.1. The first kappa shape index (κ1) is 16.9. The van der Waals surface area contributed by atoms with E-state index in [-0.39, 0.29) is 5.91 Å². The van der Waals surface area contributed by atoms with Crippen molar-refractivity contribution in [3.05, 3.63) is 16.1 Å². The number of carbonyl (C=O) groups excluding carboxylic acids is 1. The van der Waals surface area contributed by atoms with Crippen LogP contribution in [0.4, 0.5) is 0 Å². The van der Waals surface area contributed by atoms with Gasteiger partial charge in [-0.1, -0.05) is 19.8 Å². The van der Waals surface area contributed by atoms with Crippen LogP contribution in [0.2, 0.25) is 0 Å². The fraction of sp³-hybridized carbons (Fsp3) is 0.765. The Hall–Kier alpha value is -0.980. The number of hydrogen-bond acceptors (Lipinski definition) is 5. The van der Waals surface area contributed by atoms with Gasteiger partial charge in [-0.15, -0.1) is 11.3 Å². The molecule has 1 saturated carbocycles. The lowest BCUT2D eigenvalue weighted by Gasteiger charge is -2.35. The minimum Gasteiger partial charge on any atom is -0.389 e. The van der Waals surface area contributed by atoms with Crippen LogP contribution in [0, 0.1) is 0 Å². The third-order valence-corrected chi connectivity index (χ3v) is 6.07. The number of carbonyl (C=O) groups is 1. The molecule has 1 saturated heterocycles. The molecule has 1 aromatic heterocycles. The standard InChI is InChI=1S/C17H27N3O2S/c1-2-15-18-14(13-23-15)12-19-7-9-20(10-8-19)16(21)11-17(22)5-3-4-6-17/h13,22H,2-12H2,1H3. The monoisotopic (exact) mass is 337 g/mol. The van der Waals surface area contributed by atoms with E-state index in [0.29, 0.717) is 6.42 Å². The van der Waals surface area contributed by atoms with Crippen LogP contribution in [0.1, 0.15) is 49.7 Å². The van der Waals surface area contributed by atoms with E-state index in [9.17, 15) is 9.90 Å². The van der Waals surface area contributed by atoms with Crippen molar-refractivity contribution >= 4 is 17.2 Å². The van der Waals surface area contributed by atoms with Gasteiger partial charge in [-0.3, -0.25) is 9.69 Å². The van der Waals surface area contributed by atoms with E-state index in [4.69, 9.17) is 0 Å². The molecule has 5 nitrogen and oxygen atoms in total. The molecule has 0 atom stereocenters. The molecule has 1 aliphatic carbocycles. The summed E-state index contributed by atoms with van der Waals surface area (Å²) in [5, 5.41) is 13.7. The van der Waals surface area contributed by atoms with Crippen molar-refractivity contribution in [2.24, 2.45) is 0 Å².